The van der Waals surface area contributed by atoms with Gasteiger partial charge in [-0.1, -0.05) is 6.07 Å². The first-order valence-electron chi connectivity index (χ1n) is 5.99. The van der Waals surface area contributed by atoms with Crippen molar-refractivity contribution in [3.05, 3.63) is 22.4 Å². The molecule has 0 saturated carbocycles. The normalized spacial score (nSPS) is 19.6. The van der Waals surface area contributed by atoms with Crippen LogP contribution < -0.4 is 5.32 Å². The average molecular weight is 254 g/mol. The molecule has 0 aromatic carbocycles. The number of amides is 2. The van der Waals surface area contributed by atoms with E-state index < -0.39 is 0 Å². The van der Waals surface area contributed by atoms with Crippen LogP contribution in [0, 0.1) is 0 Å². The number of urea groups is 1. The lowest BCUT2D eigenvalue weighted by molar-refractivity contribution is 0.157. The fraction of sp³-hybridized carbons (Fsp3) is 0.583. The molecule has 1 aliphatic heterocycles. The maximum absolute atomic E-state index is 11.9. The van der Waals surface area contributed by atoms with Crippen LogP contribution in [0.3, 0.4) is 0 Å². The SMILES string of the molecule is O=C(NCCc1cccs1)N1CCC[C@H]1CO. The topological polar surface area (TPSA) is 52.6 Å². The summed E-state index contributed by atoms with van der Waals surface area (Å²) >= 11 is 1.71. The van der Waals surface area contributed by atoms with Gasteiger partial charge in [0, 0.05) is 18.0 Å². The summed E-state index contributed by atoms with van der Waals surface area (Å²) in [6, 6.07) is 4.06. The van der Waals surface area contributed by atoms with Gasteiger partial charge in [-0.25, -0.2) is 4.79 Å². The van der Waals surface area contributed by atoms with E-state index in [2.05, 4.69) is 11.4 Å². The van der Waals surface area contributed by atoms with Gasteiger partial charge in [-0.3, -0.25) is 0 Å². The predicted octanol–water partition coefficient (Wildman–Crippen LogP) is 1.46. The Hall–Kier alpha value is -1.07. The Labute approximate surface area is 105 Å². The molecular weight excluding hydrogens is 236 g/mol. The Morgan fingerprint density at radius 2 is 2.53 bits per heavy atom. The third-order valence-electron chi connectivity index (χ3n) is 3.08. The quantitative estimate of drug-likeness (QED) is 0.854. The summed E-state index contributed by atoms with van der Waals surface area (Å²) in [5, 5.41) is 14.1. The van der Waals surface area contributed by atoms with Crippen molar-refractivity contribution in [3.8, 4) is 0 Å². The molecule has 0 spiro atoms. The third kappa shape index (κ3) is 3.20. The number of nitrogens with zero attached hydrogens (tertiary/aromatic N) is 1. The second-order valence-electron chi connectivity index (χ2n) is 4.23. The minimum absolute atomic E-state index is 0.0109. The number of carbonyl (C=O) groups is 1. The summed E-state index contributed by atoms with van der Waals surface area (Å²) < 4.78 is 0. The molecule has 0 radical (unpaired) electrons. The smallest absolute Gasteiger partial charge is 0.317 e. The molecule has 1 saturated heterocycles. The van der Waals surface area contributed by atoms with Crippen LogP contribution in [-0.2, 0) is 6.42 Å². The average Bonchev–Trinajstić information content (AvgIpc) is 2.99. The summed E-state index contributed by atoms with van der Waals surface area (Å²) in [6.07, 6.45) is 2.78. The lowest BCUT2D eigenvalue weighted by Gasteiger charge is -2.23. The van der Waals surface area contributed by atoms with E-state index in [0.29, 0.717) is 6.54 Å². The molecule has 1 fully saturated rings. The van der Waals surface area contributed by atoms with Gasteiger partial charge >= 0.3 is 6.03 Å². The van der Waals surface area contributed by atoms with Gasteiger partial charge in [0.1, 0.15) is 0 Å². The maximum atomic E-state index is 11.9. The van der Waals surface area contributed by atoms with Crippen LogP contribution in [0.5, 0.6) is 0 Å². The summed E-state index contributed by atoms with van der Waals surface area (Å²) in [7, 11) is 0. The summed E-state index contributed by atoms with van der Waals surface area (Å²) in [4.78, 5) is 14.9. The molecule has 2 amide bonds. The standard InChI is InChI=1S/C12H18N2O2S/c15-9-10-3-1-7-14(10)12(16)13-6-5-11-4-2-8-17-11/h2,4,8,10,15H,1,3,5-7,9H2,(H,13,16)/t10-/m0/s1. The highest BCUT2D eigenvalue weighted by atomic mass is 32.1. The first-order valence-corrected chi connectivity index (χ1v) is 6.87. The molecule has 0 bridgehead atoms. The van der Waals surface area contributed by atoms with Gasteiger partial charge in [0.25, 0.3) is 0 Å². The van der Waals surface area contributed by atoms with E-state index in [1.54, 1.807) is 16.2 Å². The van der Waals surface area contributed by atoms with E-state index in [9.17, 15) is 4.79 Å². The highest BCUT2D eigenvalue weighted by Crippen LogP contribution is 2.16. The van der Waals surface area contributed by atoms with Crippen molar-refractivity contribution in [1.82, 2.24) is 10.2 Å². The van der Waals surface area contributed by atoms with Gasteiger partial charge in [-0.2, -0.15) is 0 Å². The van der Waals surface area contributed by atoms with Crippen LogP contribution in [0.1, 0.15) is 17.7 Å². The molecular formula is C12H18N2O2S. The lowest BCUT2D eigenvalue weighted by Crippen LogP contribution is -2.44. The molecule has 1 aromatic rings. The van der Waals surface area contributed by atoms with Crippen molar-refractivity contribution in [1.29, 1.82) is 0 Å². The van der Waals surface area contributed by atoms with Crippen molar-refractivity contribution in [2.45, 2.75) is 25.3 Å². The number of hydrogen-bond donors (Lipinski definition) is 2. The zero-order chi connectivity index (χ0) is 12.1. The molecule has 4 nitrogen and oxygen atoms in total. The second-order valence-corrected chi connectivity index (χ2v) is 5.27. The largest absolute Gasteiger partial charge is 0.394 e. The van der Waals surface area contributed by atoms with Crippen LogP contribution in [0.15, 0.2) is 17.5 Å². The van der Waals surface area contributed by atoms with Crippen molar-refractivity contribution >= 4 is 17.4 Å². The third-order valence-corrected chi connectivity index (χ3v) is 4.01. The van der Waals surface area contributed by atoms with Crippen molar-refractivity contribution in [3.63, 3.8) is 0 Å². The fourth-order valence-corrected chi connectivity index (χ4v) is 2.85. The second kappa shape index (κ2) is 6.02. The molecule has 0 aliphatic carbocycles. The molecule has 5 heteroatoms. The van der Waals surface area contributed by atoms with E-state index in [0.717, 1.165) is 25.8 Å². The van der Waals surface area contributed by atoms with Gasteiger partial charge < -0.3 is 15.3 Å². The predicted molar refractivity (Wildman–Crippen MR) is 68.2 cm³/mol. The maximum Gasteiger partial charge on any atom is 0.317 e. The number of thiophene rings is 1. The number of rotatable bonds is 4. The number of carbonyl (C=O) groups excluding carboxylic acids is 1. The minimum atomic E-state index is -0.0434. The van der Waals surface area contributed by atoms with Crippen molar-refractivity contribution in [2.24, 2.45) is 0 Å². The molecule has 2 rings (SSSR count). The van der Waals surface area contributed by atoms with Crippen LogP contribution in [0.2, 0.25) is 0 Å². The summed E-state index contributed by atoms with van der Waals surface area (Å²) in [6.45, 7) is 1.49. The van der Waals surface area contributed by atoms with E-state index in [4.69, 9.17) is 5.11 Å². The highest BCUT2D eigenvalue weighted by molar-refractivity contribution is 7.09. The molecule has 1 aliphatic rings. The van der Waals surface area contributed by atoms with Gasteiger partial charge in [0.2, 0.25) is 0 Å². The number of aliphatic hydroxyl groups excluding tert-OH is 1. The zero-order valence-corrected chi connectivity index (χ0v) is 10.6. The zero-order valence-electron chi connectivity index (χ0n) is 9.76. The summed E-state index contributed by atoms with van der Waals surface area (Å²) in [5.41, 5.74) is 0. The van der Waals surface area contributed by atoms with Crippen molar-refractivity contribution < 1.29 is 9.90 Å². The van der Waals surface area contributed by atoms with Gasteiger partial charge in [-0.05, 0) is 30.7 Å². The van der Waals surface area contributed by atoms with E-state index >= 15 is 0 Å². The van der Waals surface area contributed by atoms with Crippen LogP contribution in [-0.4, -0.2) is 41.8 Å². The molecule has 0 unspecified atom stereocenters. The van der Waals surface area contributed by atoms with Gasteiger partial charge in [-0.15, -0.1) is 11.3 Å². The Balaban J connectivity index is 1.73. The Kier molecular flexibility index (Phi) is 4.39. The van der Waals surface area contributed by atoms with Gasteiger partial charge in [0.15, 0.2) is 0 Å². The molecule has 2 heterocycles. The molecule has 2 N–H and O–H groups in total. The molecule has 94 valence electrons. The number of likely N-dealkylation sites (tertiary alicyclic amines) is 1. The van der Waals surface area contributed by atoms with Crippen molar-refractivity contribution in [2.75, 3.05) is 19.7 Å². The summed E-state index contributed by atoms with van der Waals surface area (Å²) in [5.74, 6) is 0. The van der Waals surface area contributed by atoms with E-state index in [-0.39, 0.29) is 18.7 Å². The first kappa shape index (κ1) is 12.4. The number of aliphatic hydroxyl groups is 1. The molecule has 1 atom stereocenters. The fourth-order valence-electron chi connectivity index (χ4n) is 2.14. The molecule has 17 heavy (non-hydrogen) atoms. The Bertz CT molecular complexity index is 353. The molecule has 1 aromatic heterocycles. The Morgan fingerprint density at radius 1 is 1.65 bits per heavy atom. The van der Waals surface area contributed by atoms with E-state index in [1.807, 2.05) is 11.4 Å². The highest BCUT2D eigenvalue weighted by Gasteiger charge is 2.27. The monoisotopic (exact) mass is 254 g/mol. The van der Waals surface area contributed by atoms with Crippen LogP contribution >= 0.6 is 11.3 Å². The number of hydrogen-bond acceptors (Lipinski definition) is 3. The Morgan fingerprint density at radius 3 is 3.24 bits per heavy atom. The number of nitrogens with one attached hydrogen (secondary N) is 1. The van der Waals surface area contributed by atoms with Gasteiger partial charge in [0.05, 0.1) is 12.6 Å². The minimum Gasteiger partial charge on any atom is -0.394 e. The first-order chi connectivity index (χ1) is 8.31. The van der Waals surface area contributed by atoms with Crippen LogP contribution in [0.4, 0.5) is 4.79 Å². The van der Waals surface area contributed by atoms with Crippen LogP contribution in [0.25, 0.3) is 0 Å². The lowest BCUT2D eigenvalue weighted by atomic mass is 10.2. The van der Waals surface area contributed by atoms with E-state index in [1.165, 1.54) is 4.88 Å².